The maximum atomic E-state index is 12.5. The molecule has 4 nitrogen and oxygen atoms in total. The minimum Gasteiger partial charge on any atom is -0.481 e. The van der Waals surface area contributed by atoms with E-state index in [1.165, 1.54) is 70.6 Å². The standard InChI is InChI=1S/C25H46O4/c1-2-3-4-14-19-23(29-25(28)22-17-12-11-13-18-22)20-15-9-7-5-6-8-10-16-21-24(26)27/h22-23H,2-21H2,1H3,(H,26,27). The number of carboxylic acid groups (broad SMARTS) is 1. The van der Waals surface area contributed by atoms with Crippen molar-refractivity contribution in [3.05, 3.63) is 0 Å². The van der Waals surface area contributed by atoms with E-state index in [0.717, 1.165) is 51.4 Å². The van der Waals surface area contributed by atoms with Gasteiger partial charge in [-0.1, -0.05) is 84.0 Å². The zero-order chi connectivity index (χ0) is 21.2. The third-order valence-electron chi connectivity index (χ3n) is 6.27. The van der Waals surface area contributed by atoms with Crippen LogP contribution in [0.5, 0.6) is 0 Å². The van der Waals surface area contributed by atoms with Crippen LogP contribution in [0.1, 0.15) is 135 Å². The summed E-state index contributed by atoms with van der Waals surface area (Å²) in [5.41, 5.74) is 0. The molecule has 0 bridgehead atoms. The van der Waals surface area contributed by atoms with Crippen molar-refractivity contribution in [2.45, 2.75) is 141 Å². The third kappa shape index (κ3) is 14.5. The fourth-order valence-corrected chi connectivity index (χ4v) is 4.37. The van der Waals surface area contributed by atoms with Crippen LogP contribution in [0.25, 0.3) is 0 Å². The molecule has 0 aromatic carbocycles. The predicted molar refractivity (Wildman–Crippen MR) is 119 cm³/mol. The number of rotatable bonds is 18. The van der Waals surface area contributed by atoms with Gasteiger partial charge in [0.15, 0.2) is 0 Å². The minimum atomic E-state index is -0.682. The molecule has 1 fully saturated rings. The van der Waals surface area contributed by atoms with Crippen LogP contribution in [0.3, 0.4) is 0 Å². The van der Waals surface area contributed by atoms with Crippen LogP contribution in [-0.4, -0.2) is 23.1 Å². The van der Waals surface area contributed by atoms with Crippen molar-refractivity contribution in [1.82, 2.24) is 0 Å². The molecule has 4 heteroatoms. The molecule has 0 heterocycles. The zero-order valence-electron chi connectivity index (χ0n) is 19.0. The van der Waals surface area contributed by atoms with E-state index in [9.17, 15) is 9.59 Å². The Kier molecular flexibility index (Phi) is 15.9. The Labute approximate surface area is 179 Å². The quantitative estimate of drug-likeness (QED) is 0.188. The number of unbranched alkanes of at least 4 members (excludes halogenated alkanes) is 10. The second kappa shape index (κ2) is 17.8. The Bertz CT molecular complexity index is 415. The molecule has 170 valence electrons. The van der Waals surface area contributed by atoms with Crippen molar-refractivity contribution in [2.75, 3.05) is 0 Å². The van der Waals surface area contributed by atoms with Gasteiger partial charge >= 0.3 is 11.9 Å². The highest BCUT2D eigenvalue weighted by molar-refractivity contribution is 5.72. The van der Waals surface area contributed by atoms with Gasteiger partial charge in [0, 0.05) is 6.42 Å². The Hall–Kier alpha value is -1.06. The minimum absolute atomic E-state index is 0.0755. The van der Waals surface area contributed by atoms with Gasteiger partial charge in [0.25, 0.3) is 0 Å². The van der Waals surface area contributed by atoms with E-state index in [2.05, 4.69) is 6.92 Å². The van der Waals surface area contributed by atoms with E-state index in [1.807, 2.05) is 0 Å². The summed E-state index contributed by atoms with van der Waals surface area (Å²) in [7, 11) is 0. The van der Waals surface area contributed by atoms with Gasteiger partial charge in [-0.05, 0) is 44.9 Å². The third-order valence-corrected chi connectivity index (χ3v) is 6.27. The van der Waals surface area contributed by atoms with Gasteiger partial charge in [-0.15, -0.1) is 0 Å². The fraction of sp³-hybridized carbons (Fsp3) is 0.920. The lowest BCUT2D eigenvalue weighted by Gasteiger charge is -2.24. The summed E-state index contributed by atoms with van der Waals surface area (Å²) in [6.45, 7) is 2.23. The Balaban J connectivity index is 2.16. The lowest BCUT2D eigenvalue weighted by Crippen LogP contribution is -2.26. The molecule has 1 N–H and O–H groups in total. The van der Waals surface area contributed by atoms with Crippen molar-refractivity contribution < 1.29 is 19.4 Å². The number of carbonyl (C=O) groups is 2. The lowest BCUT2D eigenvalue weighted by molar-refractivity contribution is -0.156. The number of aliphatic carboxylic acids is 1. The zero-order valence-corrected chi connectivity index (χ0v) is 19.0. The average Bonchev–Trinajstić information content (AvgIpc) is 2.72. The number of carbonyl (C=O) groups excluding carboxylic acids is 1. The first-order valence-corrected chi connectivity index (χ1v) is 12.6. The Morgan fingerprint density at radius 1 is 0.793 bits per heavy atom. The summed E-state index contributed by atoms with van der Waals surface area (Å²) in [6, 6.07) is 0. The van der Waals surface area contributed by atoms with E-state index in [1.54, 1.807) is 0 Å². The summed E-state index contributed by atoms with van der Waals surface area (Å²) in [6.07, 6.45) is 22.1. The van der Waals surface area contributed by atoms with Crippen LogP contribution >= 0.6 is 0 Å². The summed E-state index contributed by atoms with van der Waals surface area (Å²) in [4.78, 5) is 23.0. The van der Waals surface area contributed by atoms with E-state index in [-0.39, 0.29) is 18.0 Å². The van der Waals surface area contributed by atoms with Crippen molar-refractivity contribution in [1.29, 1.82) is 0 Å². The average molecular weight is 411 g/mol. The van der Waals surface area contributed by atoms with Gasteiger partial charge in [0.2, 0.25) is 0 Å². The Morgan fingerprint density at radius 3 is 1.86 bits per heavy atom. The van der Waals surface area contributed by atoms with Gasteiger partial charge in [-0.25, -0.2) is 0 Å². The van der Waals surface area contributed by atoms with Crippen LogP contribution in [0, 0.1) is 5.92 Å². The molecule has 29 heavy (non-hydrogen) atoms. The molecule has 1 aliphatic carbocycles. The van der Waals surface area contributed by atoms with E-state index in [4.69, 9.17) is 9.84 Å². The van der Waals surface area contributed by atoms with E-state index < -0.39 is 5.97 Å². The lowest BCUT2D eigenvalue weighted by atomic mass is 9.89. The molecule has 0 saturated heterocycles. The van der Waals surface area contributed by atoms with Gasteiger partial charge in [-0.3, -0.25) is 9.59 Å². The molecule has 0 spiro atoms. The summed E-state index contributed by atoms with van der Waals surface area (Å²) in [5, 5.41) is 8.64. The first kappa shape index (κ1) is 26.0. The van der Waals surface area contributed by atoms with Crippen molar-refractivity contribution in [3.63, 3.8) is 0 Å². The first-order valence-electron chi connectivity index (χ1n) is 12.6. The van der Waals surface area contributed by atoms with Gasteiger partial charge in [0.05, 0.1) is 5.92 Å². The number of hydrogen-bond donors (Lipinski definition) is 1. The highest BCUT2D eigenvalue weighted by Gasteiger charge is 2.25. The maximum Gasteiger partial charge on any atom is 0.309 e. The molecular formula is C25H46O4. The normalized spacial score (nSPS) is 15.9. The molecule has 1 rings (SSSR count). The highest BCUT2D eigenvalue weighted by atomic mass is 16.5. The predicted octanol–water partition coefficient (Wildman–Crippen LogP) is 7.43. The molecule has 0 aromatic heterocycles. The number of hydrogen-bond acceptors (Lipinski definition) is 3. The largest absolute Gasteiger partial charge is 0.481 e. The van der Waals surface area contributed by atoms with E-state index >= 15 is 0 Å². The molecule has 1 unspecified atom stereocenters. The second-order valence-corrected chi connectivity index (χ2v) is 9.00. The van der Waals surface area contributed by atoms with Crippen LogP contribution in [0.15, 0.2) is 0 Å². The van der Waals surface area contributed by atoms with E-state index in [0.29, 0.717) is 6.42 Å². The molecule has 0 radical (unpaired) electrons. The Morgan fingerprint density at radius 2 is 1.31 bits per heavy atom. The number of esters is 1. The maximum absolute atomic E-state index is 12.5. The molecule has 0 amide bonds. The van der Waals surface area contributed by atoms with Crippen LogP contribution in [0.4, 0.5) is 0 Å². The highest BCUT2D eigenvalue weighted by Crippen LogP contribution is 2.26. The molecule has 1 aliphatic rings. The van der Waals surface area contributed by atoms with Crippen molar-refractivity contribution >= 4 is 11.9 Å². The molecule has 1 saturated carbocycles. The van der Waals surface area contributed by atoms with Crippen molar-refractivity contribution in [2.24, 2.45) is 5.92 Å². The second-order valence-electron chi connectivity index (χ2n) is 9.00. The first-order chi connectivity index (χ1) is 14.1. The van der Waals surface area contributed by atoms with Crippen LogP contribution < -0.4 is 0 Å². The van der Waals surface area contributed by atoms with Crippen molar-refractivity contribution in [3.8, 4) is 0 Å². The number of carboxylic acids is 1. The topological polar surface area (TPSA) is 63.6 Å². The fourth-order valence-electron chi connectivity index (χ4n) is 4.37. The van der Waals surface area contributed by atoms with Gasteiger partial charge in [-0.2, -0.15) is 0 Å². The molecular weight excluding hydrogens is 364 g/mol. The summed E-state index contributed by atoms with van der Waals surface area (Å²) >= 11 is 0. The van der Waals surface area contributed by atoms with Crippen LogP contribution in [-0.2, 0) is 14.3 Å². The smallest absolute Gasteiger partial charge is 0.309 e. The molecule has 1 atom stereocenters. The summed E-state index contributed by atoms with van der Waals surface area (Å²) < 4.78 is 5.97. The van der Waals surface area contributed by atoms with Crippen LogP contribution in [0.2, 0.25) is 0 Å². The monoisotopic (exact) mass is 410 g/mol. The molecule has 0 aromatic rings. The van der Waals surface area contributed by atoms with Gasteiger partial charge in [0.1, 0.15) is 6.10 Å². The molecule has 0 aliphatic heterocycles. The SMILES string of the molecule is CCCCCCC(CCCCCCCCCCC(=O)O)OC(=O)C1CCCCC1. The number of ether oxygens (including phenoxy) is 1. The summed E-state index contributed by atoms with van der Waals surface area (Å²) in [5.74, 6) is -0.451. The van der Waals surface area contributed by atoms with Gasteiger partial charge < -0.3 is 9.84 Å².